The van der Waals surface area contributed by atoms with E-state index in [1.165, 1.54) is 13.3 Å². The molecule has 2 heterocycles. The summed E-state index contributed by atoms with van der Waals surface area (Å²) in [5.41, 5.74) is 1.51. The first-order chi connectivity index (χ1) is 15.5. The summed E-state index contributed by atoms with van der Waals surface area (Å²) in [7, 11) is 1.29. The SMILES string of the molecule is CCOC(=O)c1ccc(N2CCCN(C(=O)Nc3cccc(NC(=O)OC)c3)CC2)nc1. The first kappa shape index (κ1) is 22.9. The van der Waals surface area contributed by atoms with E-state index < -0.39 is 12.1 Å². The van der Waals surface area contributed by atoms with E-state index in [-0.39, 0.29) is 6.03 Å². The molecule has 0 unspecified atom stereocenters. The summed E-state index contributed by atoms with van der Waals surface area (Å²) >= 11 is 0. The highest BCUT2D eigenvalue weighted by Crippen LogP contribution is 2.18. The molecule has 1 saturated heterocycles. The van der Waals surface area contributed by atoms with Gasteiger partial charge in [-0.25, -0.2) is 19.4 Å². The number of urea groups is 1. The quantitative estimate of drug-likeness (QED) is 0.685. The van der Waals surface area contributed by atoms with E-state index in [4.69, 9.17) is 4.74 Å². The number of hydrogen-bond acceptors (Lipinski definition) is 7. The Morgan fingerprint density at radius 2 is 1.81 bits per heavy atom. The summed E-state index contributed by atoms with van der Waals surface area (Å²) in [6, 6.07) is 10.1. The summed E-state index contributed by atoms with van der Waals surface area (Å²) in [4.78, 5) is 44.1. The fraction of sp³-hybridized carbons (Fsp3) is 0.364. The number of carbonyl (C=O) groups excluding carboxylic acids is 3. The summed E-state index contributed by atoms with van der Waals surface area (Å²) in [6.07, 6.45) is 1.71. The van der Waals surface area contributed by atoms with Crippen molar-refractivity contribution in [2.45, 2.75) is 13.3 Å². The summed E-state index contributed by atoms with van der Waals surface area (Å²) < 4.78 is 9.57. The number of esters is 1. The molecule has 1 aromatic carbocycles. The third-order valence-electron chi connectivity index (χ3n) is 4.91. The van der Waals surface area contributed by atoms with Crippen LogP contribution >= 0.6 is 0 Å². The second-order valence-corrected chi connectivity index (χ2v) is 7.08. The largest absolute Gasteiger partial charge is 0.462 e. The van der Waals surface area contributed by atoms with Crippen molar-refractivity contribution < 1.29 is 23.9 Å². The molecule has 1 aliphatic rings. The fourth-order valence-corrected chi connectivity index (χ4v) is 3.30. The molecule has 0 saturated carbocycles. The monoisotopic (exact) mass is 441 g/mol. The van der Waals surface area contributed by atoms with Crippen LogP contribution in [0.15, 0.2) is 42.6 Å². The number of pyridine rings is 1. The molecular formula is C22H27N5O5. The number of hydrogen-bond donors (Lipinski definition) is 2. The van der Waals surface area contributed by atoms with Gasteiger partial charge >= 0.3 is 18.1 Å². The Kier molecular flexibility index (Phi) is 7.85. The van der Waals surface area contributed by atoms with E-state index in [1.807, 2.05) is 0 Å². The zero-order valence-electron chi connectivity index (χ0n) is 18.2. The molecule has 10 nitrogen and oxygen atoms in total. The second-order valence-electron chi connectivity index (χ2n) is 7.08. The minimum absolute atomic E-state index is 0.215. The minimum Gasteiger partial charge on any atom is -0.462 e. The standard InChI is InChI=1S/C22H27N5O5/c1-3-32-20(28)16-8-9-19(23-15-16)26-10-5-11-27(13-12-26)21(29)24-17-6-4-7-18(14-17)25-22(30)31-2/h4,6-9,14-15H,3,5,10-13H2,1-2H3,(H,24,29)(H,25,30). The zero-order chi connectivity index (χ0) is 22.9. The van der Waals surface area contributed by atoms with Crippen LogP contribution in [0.3, 0.4) is 0 Å². The number of aromatic nitrogens is 1. The van der Waals surface area contributed by atoms with Gasteiger partial charge in [-0.2, -0.15) is 0 Å². The maximum Gasteiger partial charge on any atom is 0.411 e. The molecule has 1 aromatic heterocycles. The Morgan fingerprint density at radius 1 is 1.03 bits per heavy atom. The number of rotatable bonds is 5. The molecule has 1 fully saturated rings. The normalized spacial score (nSPS) is 13.7. The molecule has 1 aliphatic heterocycles. The van der Waals surface area contributed by atoms with Gasteiger partial charge in [0.25, 0.3) is 0 Å². The van der Waals surface area contributed by atoms with Crippen molar-refractivity contribution in [3.8, 4) is 0 Å². The smallest absolute Gasteiger partial charge is 0.411 e. The topological polar surface area (TPSA) is 113 Å². The predicted molar refractivity (Wildman–Crippen MR) is 120 cm³/mol. The first-order valence-corrected chi connectivity index (χ1v) is 10.4. The van der Waals surface area contributed by atoms with Crippen LogP contribution in [0.5, 0.6) is 0 Å². The number of carbonyl (C=O) groups is 3. The van der Waals surface area contributed by atoms with Gasteiger partial charge in [0.05, 0.1) is 19.3 Å². The van der Waals surface area contributed by atoms with Gasteiger partial charge in [0.15, 0.2) is 0 Å². The molecule has 3 amide bonds. The highest BCUT2D eigenvalue weighted by atomic mass is 16.5. The Bertz CT molecular complexity index is 950. The third kappa shape index (κ3) is 6.10. The number of anilines is 3. The summed E-state index contributed by atoms with van der Waals surface area (Å²) in [5.74, 6) is 0.359. The van der Waals surface area contributed by atoms with Gasteiger partial charge in [-0.1, -0.05) is 6.07 Å². The lowest BCUT2D eigenvalue weighted by atomic mass is 10.2. The number of amides is 3. The zero-order valence-corrected chi connectivity index (χ0v) is 18.2. The van der Waals surface area contributed by atoms with Gasteiger partial charge in [-0.15, -0.1) is 0 Å². The Labute approximate surface area is 186 Å². The van der Waals surface area contributed by atoms with E-state index in [0.717, 1.165) is 18.8 Å². The molecular weight excluding hydrogens is 414 g/mol. The molecule has 0 atom stereocenters. The van der Waals surface area contributed by atoms with Crippen LogP contribution in [0.25, 0.3) is 0 Å². The number of nitrogens with zero attached hydrogens (tertiary/aromatic N) is 3. The van der Waals surface area contributed by atoms with Crippen molar-refractivity contribution >= 4 is 35.3 Å². The highest BCUT2D eigenvalue weighted by Gasteiger charge is 2.20. The molecule has 32 heavy (non-hydrogen) atoms. The number of benzene rings is 1. The van der Waals surface area contributed by atoms with Gasteiger partial charge in [-0.3, -0.25) is 5.32 Å². The molecule has 2 aromatic rings. The lowest BCUT2D eigenvalue weighted by Crippen LogP contribution is -2.38. The molecule has 0 radical (unpaired) electrons. The van der Waals surface area contributed by atoms with Crippen LogP contribution in [0, 0.1) is 0 Å². The van der Waals surface area contributed by atoms with Gasteiger partial charge in [0.2, 0.25) is 0 Å². The van der Waals surface area contributed by atoms with Crippen LogP contribution in [-0.2, 0) is 9.47 Å². The van der Waals surface area contributed by atoms with Crippen molar-refractivity contribution in [2.24, 2.45) is 0 Å². The summed E-state index contributed by atoms with van der Waals surface area (Å²) in [5, 5.41) is 5.43. The van der Waals surface area contributed by atoms with Crippen LogP contribution in [0.1, 0.15) is 23.7 Å². The van der Waals surface area contributed by atoms with E-state index >= 15 is 0 Å². The average molecular weight is 441 g/mol. The maximum absolute atomic E-state index is 12.8. The molecule has 10 heteroatoms. The molecule has 0 spiro atoms. The van der Waals surface area contributed by atoms with Crippen LogP contribution in [0.4, 0.5) is 26.8 Å². The first-order valence-electron chi connectivity index (χ1n) is 10.4. The predicted octanol–water partition coefficient (Wildman–Crippen LogP) is 3.18. The van der Waals surface area contributed by atoms with Crippen LogP contribution < -0.4 is 15.5 Å². The third-order valence-corrected chi connectivity index (χ3v) is 4.91. The maximum atomic E-state index is 12.8. The molecule has 170 valence electrons. The molecule has 0 aliphatic carbocycles. The molecule has 2 N–H and O–H groups in total. The van der Waals surface area contributed by atoms with Crippen molar-refractivity contribution in [3.63, 3.8) is 0 Å². The number of methoxy groups -OCH3 is 1. The highest BCUT2D eigenvalue weighted by molar-refractivity contribution is 5.91. The summed E-state index contributed by atoms with van der Waals surface area (Å²) in [6.45, 7) is 4.55. The minimum atomic E-state index is -0.579. The van der Waals surface area contributed by atoms with Crippen molar-refractivity contribution in [1.82, 2.24) is 9.88 Å². The van der Waals surface area contributed by atoms with E-state index in [1.54, 1.807) is 48.2 Å². The number of nitrogens with one attached hydrogen (secondary N) is 2. The van der Waals surface area contributed by atoms with Crippen LogP contribution in [0.2, 0.25) is 0 Å². The Hall–Kier alpha value is -3.82. The Morgan fingerprint density at radius 3 is 2.50 bits per heavy atom. The number of ether oxygens (including phenoxy) is 2. The van der Waals surface area contributed by atoms with Gasteiger partial charge in [0.1, 0.15) is 5.82 Å². The fourth-order valence-electron chi connectivity index (χ4n) is 3.30. The van der Waals surface area contributed by atoms with Crippen molar-refractivity contribution in [2.75, 3.05) is 55.4 Å². The lowest BCUT2D eigenvalue weighted by Gasteiger charge is -2.23. The Balaban J connectivity index is 1.57. The van der Waals surface area contributed by atoms with Gasteiger partial charge < -0.3 is 24.6 Å². The lowest BCUT2D eigenvalue weighted by molar-refractivity contribution is 0.0526. The van der Waals surface area contributed by atoms with Crippen molar-refractivity contribution in [1.29, 1.82) is 0 Å². The molecule has 0 bridgehead atoms. The van der Waals surface area contributed by atoms with E-state index in [2.05, 4.69) is 25.3 Å². The van der Waals surface area contributed by atoms with E-state index in [9.17, 15) is 14.4 Å². The second kappa shape index (κ2) is 11.0. The van der Waals surface area contributed by atoms with Crippen LogP contribution in [-0.4, -0.2) is 67.9 Å². The molecule has 3 rings (SSSR count). The van der Waals surface area contributed by atoms with Crippen molar-refractivity contribution in [3.05, 3.63) is 48.2 Å². The van der Waals surface area contributed by atoms with Gasteiger partial charge in [-0.05, 0) is 43.7 Å². The van der Waals surface area contributed by atoms with Gasteiger partial charge in [0, 0.05) is 43.8 Å². The van der Waals surface area contributed by atoms with E-state index in [0.29, 0.717) is 43.2 Å². The average Bonchev–Trinajstić information content (AvgIpc) is 3.06.